The predicted octanol–water partition coefficient (Wildman–Crippen LogP) is 5.26. The van der Waals surface area contributed by atoms with E-state index < -0.39 is 0 Å². The quantitative estimate of drug-likeness (QED) is 0.584. The third kappa shape index (κ3) is 3.01. The van der Waals surface area contributed by atoms with E-state index in [0.717, 1.165) is 12.8 Å². The van der Waals surface area contributed by atoms with Crippen LogP contribution in [0.25, 0.3) is 0 Å². The molecule has 0 aromatic heterocycles. The van der Waals surface area contributed by atoms with Crippen molar-refractivity contribution in [2.45, 2.75) is 56.2 Å². The van der Waals surface area contributed by atoms with E-state index in [2.05, 4.69) is 30.3 Å². The molecule has 0 saturated heterocycles. The van der Waals surface area contributed by atoms with E-state index in [-0.39, 0.29) is 4.87 Å². The molecule has 0 aliphatic heterocycles. The molecule has 0 amide bonds. The van der Waals surface area contributed by atoms with Crippen LogP contribution in [0.1, 0.15) is 56.9 Å². The molecule has 0 spiro atoms. The molecule has 88 valence electrons. The zero-order valence-electron chi connectivity index (χ0n) is 9.92. The second-order valence-electron chi connectivity index (χ2n) is 4.95. The van der Waals surface area contributed by atoms with Crippen LogP contribution in [-0.4, -0.2) is 0 Å². The minimum absolute atomic E-state index is 0.0917. The molecule has 0 bridgehead atoms. The molecule has 0 atom stereocenters. The van der Waals surface area contributed by atoms with Crippen molar-refractivity contribution >= 4 is 11.6 Å². The number of hydrogen-bond donors (Lipinski definition) is 0. The van der Waals surface area contributed by atoms with E-state index in [9.17, 15) is 0 Å². The van der Waals surface area contributed by atoms with Crippen molar-refractivity contribution in [1.82, 2.24) is 0 Å². The highest BCUT2D eigenvalue weighted by Gasteiger charge is 2.28. The highest BCUT2D eigenvalue weighted by atomic mass is 35.5. The fourth-order valence-corrected chi connectivity index (χ4v) is 3.06. The Morgan fingerprint density at radius 3 is 1.81 bits per heavy atom. The summed E-state index contributed by atoms with van der Waals surface area (Å²) < 4.78 is 0. The lowest BCUT2D eigenvalue weighted by atomic mass is 9.88. The van der Waals surface area contributed by atoms with Crippen LogP contribution >= 0.6 is 11.6 Å². The summed E-state index contributed by atoms with van der Waals surface area (Å²) >= 11 is 6.85. The number of rotatable bonds is 1. The summed E-state index contributed by atoms with van der Waals surface area (Å²) in [6, 6.07) is 10.6. The van der Waals surface area contributed by atoms with Crippen LogP contribution in [0, 0.1) is 0 Å². The molecular weight excluding hydrogens is 216 g/mol. The average molecular weight is 237 g/mol. The lowest BCUT2D eigenvalue weighted by Gasteiger charge is -2.27. The molecule has 1 heteroatoms. The zero-order chi connectivity index (χ0) is 11.3. The van der Waals surface area contributed by atoms with Gasteiger partial charge < -0.3 is 0 Å². The Morgan fingerprint density at radius 2 is 1.25 bits per heavy atom. The SMILES string of the molecule is ClC1(c2ccccc2)CCCCCCCC1. The maximum absolute atomic E-state index is 6.85. The summed E-state index contributed by atoms with van der Waals surface area (Å²) in [5, 5.41) is 0. The highest BCUT2D eigenvalue weighted by molar-refractivity contribution is 6.24. The zero-order valence-corrected chi connectivity index (χ0v) is 10.7. The minimum atomic E-state index is -0.0917. The van der Waals surface area contributed by atoms with Gasteiger partial charge in [-0.25, -0.2) is 0 Å². The van der Waals surface area contributed by atoms with Gasteiger partial charge in [0.2, 0.25) is 0 Å². The Bertz CT molecular complexity index is 294. The van der Waals surface area contributed by atoms with Crippen molar-refractivity contribution in [2.24, 2.45) is 0 Å². The molecule has 0 heterocycles. The van der Waals surface area contributed by atoms with Gasteiger partial charge in [-0.2, -0.15) is 0 Å². The number of benzene rings is 1. The van der Waals surface area contributed by atoms with Gasteiger partial charge >= 0.3 is 0 Å². The van der Waals surface area contributed by atoms with Crippen LogP contribution in [0.2, 0.25) is 0 Å². The van der Waals surface area contributed by atoms with Gasteiger partial charge in [0.05, 0.1) is 4.87 Å². The highest BCUT2D eigenvalue weighted by Crippen LogP contribution is 2.40. The summed E-state index contributed by atoms with van der Waals surface area (Å²) in [6.45, 7) is 0. The average Bonchev–Trinajstić information content (AvgIpc) is 2.43. The Kier molecular flexibility index (Phi) is 4.29. The topological polar surface area (TPSA) is 0 Å². The van der Waals surface area contributed by atoms with Crippen molar-refractivity contribution in [1.29, 1.82) is 0 Å². The van der Waals surface area contributed by atoms with Crippen LogP contribution in [0.15, 0.2) is 30.3 Å². The van der Waals surface area contributed by atoms with Crippen LogP contribution < -0.4 is 0 Å². The molecule has 0 unspecified atom stereocenters. The third-order valence-corrected chi connectivity index (χ3v) is 4.28. The van der Waals surface area contributed by atoms with Crippen molar-refractivity contribution in [3.05, 3.63) is 35.9 Å². The molecular formula is C15H21Cl. The molecule has 16 heavy (non-hydrogen) atoms. The second-order valence-corrected chi connectivity index (χ2v) is 5.68. The lowest BCUT2D eigenvalue weighted by Crippen LogP contribution is -2.18. The number of halogens is 1. The first-order chi connectivity index (χ1) is 7.81. The Balaban J connectivity index is 2.13. The first kappa shape index (κ1) is 12.0. The normalized spacial score (nSPS) is 21.8. The second kappa shape index (κ2) is 5.72. The standard InChI is InChI=1S/C15H21Cl/c16-15(14-10-6-5-7-11-14)12-8-3-1-2-4-9-13-15/h5-7,10-11H,1-4,8-9,12-13H2. The van der Waals surface area contributed by atoms with Gasteiger partial charge in [0, 0.05) is 0 Å². The van der Waals surface area contributed by atoms with Crippen LogP contribution in [0.3, 0.4) is 0 Å². The Morgan fingerprint density at radius 1 is 0.750 bits per heavy atom. The summed E-state index contributed by atoms with van der Waals surface area (Å²) in [6.07, 6.45) is 10.3. The van der Waals surface area contributed by atoms with Crippen molar-refractivity contribution in [3.8, 4) is 0 Å². The molecule has 1 saturated carbocycles. The van der Waals surface area contributed by atoms with Crippen molar-refractivity contribution < 1.29 is 0 Å². The van der Waals surface area contributed by atoms with Gasteiger partial charge in [-0.15, -0.1) is 11.6 Å². The van der Waals surface area contributed by atoms with Crippen LogP contribution in [0.4, 0.5) is 0 Å². The summed E-state index contributed by atoms with van der Waals surface area (Å²) in [5.74, 6) is 0. The van der Waals surface area contributed by atoms with Crippen LogP contribution in [0.5, 0.6) is 0 Å². The molecule has 1 aliphatic rings. The fourth-order valence-electron chi connectivity index (χ4n) is 2.67. The molecule has 2 rings (SSSR count). The smallest absolute Gasteiger partial charge is 0.0695 e. The van der Waals surface area contributed by atoms with Gasteiger partial charge in [0.25, 0.3) is 0 Å². The van der Waals surface area contributed by atoms with E-state index in [1.807, 2.05) is 0 Å². The summed E-state index contributed by atoms with van der Waals surface area (Å²) in [7, 11) is 0. The van der Waals surface area contributed by atoms with E-state index in [1.165, 1.54) is 44.1 Å². The minimum Gasteiger partial charge on any atom is -0.114 e. The molecule has 0 radical (unpaired) electrons. The van der Waals surface area contributed by atoms with E-state index in [1.54, 1.807) is 0 Å². The van der Waals surface area contributed by atoms with Gasteiger partial charge in [-0.05, 0) is 18.4 Å². The Labute approximate surface area is 104 Å². The number of alkyl halides is 1. The van der Waals surface area contributed by atoms with Gasteiger partial charge in [-0.3, -0.25) is 0 Å². The van der Waals surface area contributed by atoms with Crippen LogP contribution in [-0.2, 0) is 4.87 Å². The molecule has 1 fully saturated rings. The van der Waals surface area contributed by atoms with Gasteiger partial charge in [-0.1, -0.05) is 68.9 Å². The maximum Gasteiger partial charge on any atom is 0.0695 e. The first-order valence-corrected chi connectivity index (χ1v) is 6.93. The molecule has 1 aliphatic carbocycles. The van der Waals surface area contributed by atoms with Crippen molar-refractivity contribution in [2.75, 3.05) is 0 Å². The first-order valence-electron chi connectivity index (χ1n) is 6.56. The fraction of sp³-hybridized carbons (Fsp3) is 0.600. The molecule has 1 aromatic rings. The predicted molar refractivity (Wildman–Crippen MR) is 70.9 cm³/mol. The Hall–Kier alpha value is -0.490. The summed E-state index contributed by atoms with van der Waals surface area (Å²) in [5.41, 5.74) is 1.32. The van der Waals surface area contributed by atoms with Crippen molar-refractivity contribution in [3.63, 3.8) is 0 Å². The molecule has 0 N–H and O–H groups in total. The van der Waals surface area contributed by atoms with Gasteiger partial charge in [0.1, 0.15) is 0 Å². The van der Waals surface area contributed by atoms with Gasteiger partial charge in [0.15, 0.2) is 0 Å². The lowest BCUT2D eigenvalue weighted by molar-refractivity contribution is 0.482. The monoisotopic (exact) mass is 236 g/mol. The third-order valence-electron chi connectivity index (χ3n) is 3.69. The van der Waals surface area contributed by atoms with E-state index in [4.69, 9.17) is 11.6 Å². The molecule has 0 nitrogen and oxygen atoms in total. The molecule has 1 aromatic carbocycles. The largest absolute Gasteiger partial charge is 0.114 e. The maximum atomic E-state index is 6.85. The number of hydrogen-bond acceptors (Lipinski definition) is 0. The summed E-state index contributed by atoms with van der Waals surface area (Å²) in [4.78, 5) is -0.0917. The van der Waals surface area contributed by atoms with E-state index in [0.29, 0.717) is 0 Å². The van der Waals surface area contributed by atoms with E-state index >= 15 is 0 Å².